The lowest BCUT2D eigenvalue weighted by Crippen LogP contribution is -2.35. The lowest BCUT2D eigenvalue weighted by Gasteiger charge is -2.20. The molecule has 2 heterocycles. The summed E-state index contributed by atoms with van der Waals surface area (Å²) in [5.41, 5.74) is 1.06. The first-order chi connectivity index (χ1) is 12.1. The van der Waals surface area contributed by atoms with Crippen molar-refractivity contribution in [3.05, 3.63) is 30.0 Å². The van der Waals surface area contributed by atoms with Gasteiger partial charge in [-0.3, -0.25) is 4.79 Å². The molecule has 0 saturated carbocycles. The molecular weight excluding hydrogens is 320 g/mol. The van der Waals surface area contributed by atoms with Crippen LogP contribution in [0, 0.1) is 12.8 Å². The summed E-state index contributed by atoms with van der Waals surface area (Å²) in [6, 6.07) is 5.85. The summed E-state index contributed by atoms with van der Waals surface area (Å²) in [5.74, 6) is 1.35. The number of ether oxygens (including phenoxy) is 3. The summed E-state index contributed by atoms with van der Waals surface area (Å²) in [6.45, 7) is 4.41. The van der Waals surface area contributed by atoms with E-state index in [0.717, 1.165) is 28.5 Å². The molecule has 1 N–H and O–H groups in total. The molecule has 1 aliphatic rings. The number of pyridine rings is 1. The third-order valence-corrected chi connectivity index (χ3v) is 4.86. The molecule has 1 amide bonds. The minimum absolute atomic E-state index is 0.0777. The number of rotatable bonds is 6. The van der Waals surface area contributed by atoms with Crippen LogP contribution in [0.5, 0.6) is 11.6 Å². The highest BCUT2D eigenvalue weighted by molar-refractivity contribution is 5.89. The summed E-state index contributed by atoms with van der Waals surface area (Å²) in [6.07, 6.45) is 2.15. The van der Waals surface area contributed by atoms with Crippen LogP contribution in [0.2, 0.25) is 0 Å². The summed E-state index contributed by atoms with van der Waals surface area (Å²) in [7, 11) is 3.22. The van der Waals surface area contributed by atoms with E-state index in [4.69, 9.17) is 14.2 Å². The minimum atomic E-state index is -0.415. The van der Waals surface area contributed by atoms with Crippen molar-refractivity contribution in [2.24, 2.45) is 5.92 Å². The molecule has 1 saturated heterocycles. The van der Waals surface area contributed by atoms with E-state index >= 15 is 0 Å². The first-order valence-corrected chi connectivity index (χ1v) is 8.48. The van der Waals surface area contributed by atoms with Gasteiger partial charge in [0, 0.05) is 24.6 Å². The maximum absolute atomic E-state index is 12.0. The number of carbonyl (C=O) groups excluding carboxylic acids is 1. The lowest BCUT2D eigenvalue weighted by molar-refractivity contribution is -0.128. The normalized spacial score (nSPS) is 22.9. The molecule has 1 aromatic carbocycles. The van der Waals surface area contributed by atoms with E-state index in [1.165, 1.54) is 0 Å². The number of hydrogen-bond acceptors (Lipinski definition) is 5. The first kappa shape index (κ1) is 17.5. The van der Waals surface area contributed by atoms with Gasteiger partial charge in [0.15, 0.2) is 0 Å². The van der Waals surface area contributed by atoms with Gasteiger partial charge in [0.25, 0.3) is 0 Å². The Balaban J connectivity index is 1.83. The van der Waals surface area contributed by atoms with E-state index in [1.807, 2.05) is 26.0 Å². The molecule has 0 spiro atoms. The number of nitrogens with one attached hydrogen (secondary N) is 1. The third-order valence-electron chi connectivity index (χ3n) is 4.86. The van der Waals surface area contributed by atoms with E-state index in [2.05, 4.69) is 16.4 Å². The third kappa shape index (κ3) is 3.26. The fraction of sp³-hybridized carbons (Fsp3) is 0.474. The molecule has 6 heteroatoms. The fourth-order valence-corrected chi connectivity index (χ4v) is 3.51. The van der Waals surface area contributed by atoms with Gasteiger partial charge < -0.3 is 19.5 Å². The van der Waals surface area contributed by atoms with Crippen molar-refractivity contribution in [2.75, 3.05) is 20.8 Å². The Kier molecular flexibility index (Phi) is 5.08. The van der Waals surface area contributed by atoms with E-state index in [1.54, 1.807) is 20.4 Å². The van der Waals surface area contributed by atoms with E-state index < -0.39 is 6.10 Å². The summed E-state index contributed by atoms with van der Waals surface area (Å²) < 4.78 is 16.7. The van der Waals surface area contributed by atoms with Crippen LogP contribution in [0.25, 0.3) is 10.8 Å². The highest BCUT2D eigenvalue weighted by Crippen LogP contribution is 2.31. The molecule has 2 aromatic rings. The van der Waals surface area contributed by atoms with E-state index in [-0.39, 0.29) is 17.9 Å². The van der Waals surface area contributed by atoms with Gasteiger partial charge in [-0.25, -0.2) is 4.98 Å². The molecule has 134 valence electrons. The van der Waals surface area contributed by atoms with Crippen molar-refractivity contribution in [3.63, 3.8) is 0 Å². The molecule has 6 nitrogen and oxygen atoms in total. The molecule has 25 heavy (non-hydrogen) atoms. The predicted molar refractivity (Wildman–Crippen MR) is 95.0 cm³/mol. The first-order valence-electron chi connectivity index (χ1n) is 8.48. The Morgan fingerprint density at radius 2 is 2.08 bits per heavy atom. The molecule has 1 fully saturated rings. The van der Waals surface area contributed by atoms with Crippen molar-refractivity contribution >= 4 is 16.7 Å². The SMILES string of the molecule is CCC1C(COc2nccc3cc(C)c(OC)cc23)NC(=O)C1OC. The highest BCUT2D eigenvalue weighted by atomic mass is 16.5. The van der Waals surface area contributed by atoms with Gasteiger partial charge in [0.2, 0.25) is 11.8 Å². The number of aryl methyl sites for hydroxylation is 1. The molecule has 3 unspecified atom stereocenters. The largest absolute Gasteiger partial charge is 0.496 e. The number of hydrogen-bond donors (Lipinski definition) is 1. The van der Waals surface area contributed by atoms with Crippen molar-refractivity contribution < 1.29 is 19.0 Å². The molecule has 0 bridgehead atoms. The van der Waals surface area contributed by atoms with Crippen LogP contribution in [0.15, 0.2) is 24.4 Å². The maximum atomic E-state index is 12.0. The number of methoxy groups -OCH3 is 2. The zero-order valence-corrected chi connectivity index (χ0v) is 15.0. The Morgan fingerprint density at radius 1 is 1.28 bits per heavy atom. The minimum Gasteiger partial charge on any atom is -0.496 e. The van der Waals surface area contributed by atoms with Crippen LogP contribution in [0.3, 0.4) is 0 Å². The van der Waals surface area contributed by atoms with Crippen LogP contribution in [0.4, 0.5) is 0 Å². The Bertz CT molecular complexity index is 777. The van der Waals surface area contributed by atoms with Gasteiger partial charge in [-0.2, -0.15) is 0 Å². The van der Waals surface area contributed by atoms with Crippen molar-refractivity contribution in [3.8, 4) is 11.6 Å². The zero-order chi connectivity index (χ0) is 18.0. The van der Waals surface area contributed by atoms with Crippen LogP contribution >= 0.6 is 0 Å². The zero-order valence-electron chi connectivity index (χ0n) is 15.0. The van der Waals surface area contributed by atoms with Crippen molar-refractivity contribution in [2.45, 2.75) is 32.4 Å². The quantitative estimate of drug-likeness (QED) is 0.872. The van der Waals surface area contributed by atoms with Gasteiger partial charge >= 0.3 is 0 Å². The standard InChI is InChI=1S/C19H24N2O4/c1-5-13-15(21-18(22)17(13)24-4)10-25-19-14-9-16(23-3)11(2)8-12(14)6-7-20-19/h6-9,13,15,17H,5,10H2,1-4H3,(H,21,22). The number of fused-ring (bicyclic) bond motifs is 1. The highest BCUT2D eigenvalue weighted by Gasteiger charge is 2.41. The number of amides is 1. The van der Waals surface area contributed by atoms with E-state index in [9.17, 15) is 4.79 Å². The van der Waals surface area contributed by atoms with Crippen molar-refractivity contribution in [1.82, 2.24) is 10.3 Å². The second kappa shape index (κ2) is 7.27. The molecule has 1 aliphatic heterocycles. The van der Waals surface area contributed by atoms with Crippen LogP contribution < -0.4 is 14.8 Å². The topological polar surface area (TPSA) is 69.7 Å². The second-order valence-electron chi connectivity index (χ2n) is 6.31. The molecular formula is C19H24N2O4. The second-order valence-corrected chi connectivity index (χ2v) is 6.31. The van der Waals surface area contributed by atoms with Gasteiger partial charge in [-0.1, -0.05) is 6.92 Å². The molecule has 0 radical (unpaired) electrons. The van der Waals surface area contributed by atoms with Gasteiger partial charge in [0.05, 0.1) is 13.2 Å². The number of aromatic nitrogens is 1. The Hall–Kier alpha value is -2.34. The van der Waals surface area contributed by atoms with Crippen LogP contribution in [0.1, 0.15) is 18.9 Å². The number of benzene rings is 1. The average molecular weight is 344 g/mol. The monoisotopic (exact) mass is 344 g/mol. The van der Waals surface area contributed by atoms with Gasteiger partial charge in [-0.15, -0.1) is 0 Å². The summed E-state index contributed by atoms with van der Waals surface area (Å²) in [4.78, 5) is 16.4. The van der Waals surface area contributed by atoms with Crippen LogP contribution in [-0.2, 0) is 9.53 Å². The van der Waals surface area contributed by atoms with Crippen molar-refractivity contribution in [1.29, 1.82) is 0 Å². The summed E-state index contributed by atoms with van der Waals surface area (Å²) in [5, 5.41) is 4.90. The van der Waals surface area contributed by atoms with Gasteiger partial charge in [-0.05, 0) is 42.5 Å². The fourth-order valence-electron chi connectivity index (χ4n) is 3.51. The maximum Gasteiger partial charge on any atom is 0.249 e. The summed E-state index contributed by atoms with van der Waals surface area (Å²) >= 11 is 0. The smallest absolute Gasteiger partial charge is 0.249 e. The van der Waals surface area contributed by atoms with Gasteiger partial charge in [0.1, 0.15) is 18.5 Å². The Morgan fingerprint density at radius 3 is 2.76 bits per heavy atom. The molecule has 1 aromatic heterocycles. The number of nitrogens with zero attached hydrogens (tertiary/aromatic N) is 1. The Labute approximate surface area is 147 Å². The molecule has 3 atom stereocenters. The molecule has 0 aliphatic carbocycles. The van der Waals surface area contributed by atoms with Crippen LogP contribution in [-0.4, -0.2) is 43.9 Å². The van der Waals surface area contributed by atoms with E-state index in [0.29, 0.717) is 12.5 Å². The molecule has 3 rings (SSSR count). The lowest BCUT2D eigenvalue weighted by atomic mass is 9.96. The predicted octanol–water partition coefficient (Wildman–Crippen LogP) is 2.47. The number of carbonyl (C=O) groups is 1. The average Bonchev–Trinajstić information content (AvgIpc) is 2.93.